The minimum atomic E-state index is -1.78. The average Bonchev–Trinajstić information content (AvgIpc) is 2.84. The summed E-state index contributed by atoms with van der Waals surface area (Å²) in [5.74, 6) is 0.634. The van der Waals surface area contributed by atoms with Crippen LogP contribution in [0.25, 0.3) is 0 Å². The zero-order valence-corrected chi connectivity index (χ0v) is 21.9. The summed E-state index contributed by atoms with van der Waals surface area (Å²) >= 11 is 0. The van der Waals surface area contributed by atoms with Gasteiger partial charge < -0.3 is 0 Å². The number of hydrogen-bond donors (Lipinski definition) is 0. The number of benzene rings is 1. The van der Waals surface area contributed by atoms with Crippen LogP contribution in [0.5, 0.6) is 0 Å². The van der Waals surface area contributed by atoms with Crippen molar-refractivity contribution in [3.8, 4) is 0 Å². The largest absolute Gasteiger partial charge is 0.114 e. The lowest BCUT2D eigenvalue weighted by atomic mass is 10.0. The minimum Gasteiger partial charge on any atom is -0.0657 e. The molecule has 154 valence electrons. The summed E-state index contributed by atoms with van der Waals surface area (Å²) in [5, 5.41) is 5.25. The second kappa shape index (κ2) is 7.76. The summed E-state index contributed by atoms with van der Waals surface area (Å²) < 4.78 is 0. The third-order valence-electron chi connectivity index (χ3n) is 8.16. The quantitative estimate of drug-likeness (QED) is 0.469. The first-order valence-electron chi connectivity index (χ1n) is 11.5. The Hall–Kier alpha value is -0.866. The van der Waals surface area contributed by atoms with Gasteiger partial charge in [-0.05, 0) is 44.7 Å². The fourth-order valence-corrected chi connectivity index (χ4v) is 13.3. The summed E-state index contributed by atoms with van der Waals surface area (Å²) in [4.78, 5) is 0. The smallest absolute Gasteiger partial charge is 0.0657 e. The maximum atomic E-state index is 2.74. The van der Waals surface area contributed by atoms with Crippen LogP contribution >= 0.6 is 0 Å². The van der Waals surface area contributed by atoms with Gasteiger partial charge >= 0.3 is 0 Å². The Morgan fingerprint density at radius 1 is 0.750 bits per heavy atom. The highest BCUT2D eigenvalue weighted by Gasteiger charge is 2.46. The second-order valence-corrected chi connectivity index (χ2v) is 20.4. The third-order valence-corrected chi connectivity index (χ3v) is 15.8. The topological polar surface area (TPSA) is 0 Å². The third kappa shape index (κ3) is 3.67. The van der Waals surface area contributed by atoms with E-state index in [0.717, 1.165) is 5.54 Å². The molecular weight excluding hydrogens is 368 g/mol. The van der Waals surface area contributed by atoms with Gasteiger partial charge in [-0.3, -0.25) is 0 Å². The van der Waals surface area contributed by atoms with Crippen molar-refractivity contribution in [3.63, 3.8) is 0 Å². The van der Waals surface area contributed by atoms with Gasteiger partial charge in [-0.25, -0.2) is 0 Å². The molecule has 3 rings (SSSR count). The molecule has 2 heteroatoms. The fourth-order valence-electron chi connectivity index (χ4n) is 6.01. The molecule has 0 nitrogen and oxygen atoms in total. The van der Waals surface area contributed by atoms with E-state index in [4.69, 9.17) is 0 Å². The van der Waals surface area contributed by atoms with E-state index >= 15 is 0 Å². The average molecular weight is 411 g/mol. The predicted octanol–water partition coefficient (Wildman–Crippen LogP) is 7.00. The molecule has 0 radical (unpaired) electrons. The van der Waals surface area contributed by atoms with Crippen LogP contribution in [0, 0.1) is 12.8 Å². The normalized spacial score (nSPS) is 24.1. The van der Waals surface area contributed by atoms with Gasteiger partial charge in [0.2, 0.25) is 0 Å². The molecule has 2 atom stereocenters. The zero-order chi connectivity index (χ0) is 20.9. The van der Waals surface area contributed by atoms with E-state index in [2.05, 4.69) is 79.0 Å². The van der Waals surface area contributed by atoms with Gasteiger partial charge in [0, 0.05) is 0 Å². The molecule has 2 aliphatic carbocycles. The molecule has 0 heterocycles. The van der Waals surface area contributed by atoms with Crippen molar-refractivity contribution in [3.05, 3.63) is 45.7 Å². The van der Waals surface area contributed by atoms with Crippen molar-refractivity contribution in [1.29, 1.82) is 0 Å². The fraction of sp³-hybridized carbons (Fsp3) is 0.615. The van der Waals surface area contributed by atoms with E-state index in [1.165, 1.54) is 37.7 Å². The van der Waals surface area contributed by atoms with Gasteiger partial charge in [0.1, 0.15) is 8.07 Å². The number of aryl methyl sites for hydroxylation is 1. The molecule has 1 aromatic rings. The van der Waals surface area contributed by atoms with E-state index in [1.807, 2.05) is 5.20 Å². The number of hydrogen-bond acceptors (Lipinski definition) is 0. The molecule has 0 aromatic heterocycles. The number of rotatable bonds is 4. The zero-order valence-electron chi connectivity index (χ0n) is 19.9. The van der Waals surface area contributed by atoms with Crippen LogP contribution in [0.15, 0.2) is 40.1 Å². The lowest BCUT2D eigenvalue weighted by molar-refractivity contribution is 0.493. The van der Waals surface area contributed by atoms with Crippen LogP contribution in [0.2, 0.25) is 31.7 Å². The first-order chi connectivity index (χ1) is 13.0. The molecule has 0 spiro atoms. The highest BCUT2D eigenvalue weighted by molar-refractivity contribution is 6.98. The van der Waals surface area contributed by atoms with E-state index in [0.29, 0.717) is 5.92 Å². The SMILES string of the molecule is CC1=C(C)C(C)C([Si](C)(c2cc(C)cc([Si](C)(C)C)c2)C2CCCCC2)=C1C. The van der Waals surface area contributed by atoms with Crippen LogP contribution in [-0.2, 0) is 0 Å². The highest BCUT2D eigenvalue weighted by Crippen LogP contribution is 2.48. The Labute approximate surface area is 176 Å². The summed E-state index contributed by atoms with van der Waals surface area (Å²) in [6.45, 7) is 22.3. The molecule has 1 saturated carbocycles. The molecule has 0 bridgehead atoms. The van der Waals surface area contributed by atoms with Crippen LogP contribution in [-0.4, -0.2) is 16.1 Å². The molecule has 1 fully saturated rings. The lowest BCUT2D eigenvalue weighted by Gasteiger charge is -2.43. The van der Waals surface area contributed by atoms with Gasteiger partial charge in [0.05, 0.1) is 8.07 Å². The Morgan fingerprint density at radius 3 is 1.82 bits per heavy atom. The maximum absolute atomic E-state index is 2.74. The highest BCUT2D eigenvalue weighted by atomic mass is 28.3. The molecule has 0 aliphatic heterocycles. The number of allylic oxidation sites excluding steroid dienone is 4. The maximum Gasteiger partial charge on any atom is 0.114 e. The van der Waals surface area contributed by atoms with E-state index in [9.17, 15) is 0 Å². The minimum absolute atomic E-state index is 0.634. The van der Waals surface area contributed by atoms with Gasteiger partial charge in [0.15, 0.2) is 0 Å². The summed E-state index contributed by atoms with van der Waals surface area (Å²) in [5.41, 5.74) is 7.23. The predicted molar refractivity (Wildman–Crippen MR) is 132 cm³/mol. The van der Waals surface area contributed by atoms with E-state index < -0.39 is 16.1 Å². The van der Waals surface area contributed by atoms with Gasteiger partial charge in [-0.15, -0.1) is 0 Å². The summed E-state index contributed by atoms with van der Waals surface area (Å²) in [6, 6.07) is 7.75. The Morgan fingerprint density at radius 2 is 1.32 bits per heavy atom. The van der Waals surface area contributed by atoms with Crippen molar-refractivity contribution in [1.82, 2.24) is 0 Å². The molecule has 2 aliphatic rings. The van der Waals surface area contributed by atoms with Crippen molar-refractivity contribution in [2.75, 3.05) is 0 Å². The van der Waals surface area contributed by atoms with E-state index in [-0.39, 0.29) is 0 Å². The standard InChI is InChI=1S/C26H42Si2/c1-18-15-24(27(6,7)8)17-25(16-18)28(9,23-13-11-10-12-14-23)26-21(4)19(2)20(3)22(26)5/h15-17,21,23H,10-14H2,1-9H3. The molecule has 1 aromatic carbocycles. The lowest BCUT2D eigenvalue weighted by Crippen LogP contribution is -2.55. The Kier molecular flexibility index (Phi) is 6.05. The van der Waals surface area contributed by atoms with Crippen molar-refractivity contribution >= 4 is 26.5 Å². The van der Waals surface area contributed by atoms with Crippen LogP contribution in [0.4, 0.5) is 0 Å². The summed E-state index contributed by atoms with van der Waals surface area (Å²) in [7, 11) is -3.11. The van der Waals surface area contributed by atoms with Gasteiger partial charge in [0.25, 0.3) is 0 Å². The Bertz CT molecular complexity index is 815. The first-order valence-corrected chi connectivity index (χ1v) is 17.6. The molecule has 2 unspecified atom stereocenters. The van der Waals surface area contributed by atoms with Gasteiger partial charge in [-0.1, -0.05) is 116 Å². The van der Waals surface area contributed by atoms with Crippen LogP contribution in [0.3, 0.4) is 0 Å². The van der Waals surface area contributed by atoms with Crippen LogP contribution < -0.4 is 10.4 Å². The second-order valence-electron chi connectivity index (χ2n) is 10.9. The van der Waals surface area contributed by atoms with E-state index in [1.54, 1.807) is 27.1 Å². The molecule has 0 saturated heterocycles. The molecule has 0 amide bonds. The molecular formula is C26H42Si2. The molecule has 28 heavy (non-hydrogen) atoms. The van der Waals surface area contributed by atoms with Crippen molar-refractivity contribution in [2.24, 2.45) is 5.92 Å². The Balaban J connectivity index is 2.24. The monoisotopic (exact) mass is 410 g/mol. The summed E-state index contributed by atoms with van der Waals surface area (Å²) in [6.07, 6.45) is 7.21. The first kappa shape index (κ1) is 21.8. The van der Waals surface area contributed by atoms with Crippen LogP contribution in [0.1, 0.15) is 65.4 Å². The van der Waals surface area contributed by atoms with Crippen molar-refractivity contribution in [2.45, 2.75) is 98.5 Å². The molecule has 0 N–H and O–H groups in total. The van der Waals surface area contributed by atoms with Gasteiger partial charge in [-0.2, -0.15) is 0 Å². The van der Waals surface area contributed by atoms with Crippen molar-refractivity contribution < 1.29 is 0 Å².